The third-order valence-corrected chi connectivity index (χ3v) is 8.26. The van der Waals surface area contributed by atoms with Gasteiger partial charge in [-0.15, -0.1) is 0 Å². The van der Waals surface area contributed by atoms with Crippen LogP contribution in [0.15, 0.2) is 97.6 Å². The van der Waals surface area contributed by atoms with Gasteiger partial charge in [0.25, 0.3) is 0 Å². The molecule has 0 saturated heterocycles. The highest BCUT2D eigenvalue weighted by Gasteiger charge is 2.24. The predicted molar refractivity (Wildman–Crippen MR) is 143 cm³/mol. The van der Waals surface area contributed by atoms with Gasteiger partial charge in [0.2, 0.25) is 0 Å². The van der Waals surface area contributed by atoms with Crippen LogP contribution in [0.1, 0.15) is 62.2 Å². The summed E-state index contributed by atoms with van der Waals surface area (Å²) in [4.78, 5) is 13.3. The van der Waals surface area contributed by atoms with Crippen molar-refractivity contribution >= 4 is 29.8 Å². The van der Waals surface area contributed by atoms with Crippen molar-refractivity contribution in [2.24, 2.45) is 0 Å². The van der Waals surface area contributed by atoms with Crippen LogP contribution in [0.2, 0.25) is 0 Å². The molecule has 1 atom stereocenters. The first-order valence-electron chi connectivity index (χ1n) is 12.1. The van der Waals surface area contributed by atoms with Gasteiger partial charge in [0, 0.05) is 0 Å². The summed E-state index contributed by atoms with van der Waals surface area (Å²) in [6.07, 6.45) is 9.64. The van der Waals surface area contributed by atoms with Gasteiger partial charge in [-0.25, -0.2) is 4.79 Å². The minimum Gasteiger partial charge on any atom is -0.455 e. The number of hydrogen-bond acceptors (Lipinski definition) is 2. The monoisotopic (exact) mass is 458 g/mol. The van der Waals surface area contributed by atoms with E-state index in [0.717, 1.165) is 18.1 Å². The summed E-state index contributed by atoms with van der Waals surface area (Å²) in [5.41, 5.74) is 0.645. The number of rotatable bonds is 13. The average Bonchev–Trinajstić information content (AvgIpc) is 2.87. The maximum atomic E-state index is 13.3. The highest BCUT2D eigenvalue weighted by molar-refractivity contribution is 7.80. The Kier molecular flexibility index (Phi) is 10.4. The third kappa shape index (κ3) is 7.41. The molecule has 0 aliphatic heterocycles. The number of carbonyl (C=O) groups is 1. The molecular formula is C30H35O2P. The molecule has 33 heavy (non-hydrogen) atoms. The zero-order valence-electron chi connectivity index (χ0n) is 19.7. The molecule has 0 spiro atoms. The van der Waals surface area contributed by atoms with Gasteiger partial charge in [0.05, 0.1) is 5.56 Å². The lowest BCUT2D eigenvalue weighted by Crippen LogP contribution is -2.27. The van der Waals surface area contributed by atoms with Gasteiger partial charge in [0.1, 0.15) is 6.10 Å². The minimum atomic E-state index is -0.875. The van der Waals surface area contributed by atoms with Gasteiger partial charge in [-0.3, -0.25) is 0 Å². The van der Waals surface area contributed by atoms with E-state index >= 15 is 0 Å². The summed E-state index contributed by atoms with van der Waals surface area (Å²) in [5, 5.41) is 3.45. The van der Waals surface area contributed by atoms with Crippen molar-refractivity contribution in [3.05, 3.63) is 103 Å². The van der Waals surface area contributed by atoms with E-state index in [1.807, 2.05) is 30.3 Å². The molecule has 0 saturated carbocycles. The molecule has 0 heterocycles. The normalized spacial score (nSPS) is 11.8. The topological polar surface area (TPSA) is 26.3 Å². The third-order valence-electron chi connectivity index (χ3n) is 5.76. The molecule has 0 aliphatic rings. The Morgan fingerprint density at radius 3 is 1.97 bits per heavy atom. The van der Waals surface area contributed by atoms with Crippen molar-refractivity contribution in [3.63, 3.8) is 0 Å². The van der Waals surface area contributed by atoms with E-state index < -0.39 is 7.92 Å². The maximum Gasteiger partial charge on any atom is 0.339 e. The summed E-state index contributed by atoms with van der Waals surface area (Å²) in [5.74, 6) is -0.263. The minimum absolute atomic E-state index is 0.253. The Hall–Kier alpha value is -2.70. The summed E-state index contributed by atoms with van der Waals surface area (Å²) >= 11 is 0. The standard InChI is InChI=1S/C30H35O2P/c1-3-5-6-7-8-11-18-25(4-2)32-30(31)28-23-16-17-24-29(28)33(26-19-12-9-13-20-26)27-21-14-10-15-22-27/h4,9-10,12-17,19-25H,2-3,5-8,11,18H2,1H3. The second-order valence-electron chi connectivity index (χ2n) is 8.26. The molecule has 0 N–H and O–H groups in total. The Morgan fingerprint density at radius 2 is 1.36 bits per heavy atom. The molecule has 0 radical (unpaired) electrons. The molecular weight excluding hydrogens is 423 g/mol. The fraction of sp³-hybridized carbons (Fsp3) is 0.300. The van der Waals surface area contributed by atoms with Crippen LogP contribution in [0.5, 0.6) is 0 Å². The van der Waals surface area contributed by atoms with E-state index in [-0.39, 0.29) is 12.1 Å². The predicted octanol–water partition coefficient (Wildman–Crippen LogP) is 6.91. The van der Waals surface area contributed by atoms with Gasteiger partial charge in [-0.05, 0) is 42.7 Å². The second kappa shape index (κ2) is 13.8. The highest BCUT2D eigenvalue weighted by atomic mass is 31.1. The van der Waals surface area contributed by atoms with Crippen LogP contribution < -0.4 is 15.9 Å². The van der Waals surface area contributed by atoms with Gasteiger partial charge in [-0.2, -0.15) is 0 Å². The molecule has 0 fully saturated rings. The van der Waals surface area contributed by atoms with Crippen LogP contribution in [0, 0.1) is 0 Å². The molecule has 2 nitrogen and oxygen atoms in total. The molecule has 0 aliphatic carbocycles. The molecule has 3 rings (SSSR count). The Morgan fingerprint density at radius 1 is 0.818 bits per heavy atom. The Bertz CT molecular complexity index is 945. The number of esters is 1. The van der Waals surface area contributed by atoms with Crippen molar-refractivity contribution in [1.29, 1.82) is 0 Å². The lowest BCUT2D eigenvalue weighted by Gasteiger charge is -2.22. The number of unbranched alkanes of at least 4 members (excludes halogenated alkanes) is 5. The lowest BCUT2D eigenvalue weighted by molar-refractivity contribution is 0.0378. The largest absolute Gasteiger partial charge is 0.455 e. The smallest absolute Gasteiger partial charge is 0.339 e. The van der Waals surface area contributed by atoms with Crippen molar-refractivity contribution in [3.8, 4) is 0 Å². The van der Waals surface area contributed by atoms with Gasteiger partial charge in [0.15, 0.2) is 0 Å². The first-order valence-corrected chi connectivity index (χ1v) is 13.4. The van der Waals surface area contributed by atoms with Gasteiger partial charge in [-0.1, -0.05) is 131 Å². The number of hydrogen-bond donors (Lipinski definition) is 0. The van der Waals surface area contributed by atoms with Crippen LogP contribution in [-0.4, -0.2) is 12.1 Å². The van der Waals surface area contributed by atoms with E-state index in [1.54, 1.807) is 6.08 Å². The molecule has 172 valence electrons. The van der Waals surface area contributed by atoms with Crippen LogP contribution in [0.3, 0.4) is 0 Å². The molecule has 0 aromatic heterocycles. The van der Waals surface area contributed by atoms with Crippen LogP contribution in [0.4, 0.5) is 0 Å². The van der Waals surface area contributed by atoms with Gasteiger partial charge >= 0.3 is 5.97 Å². The average molecular weight is 459 g/mol. The molecule has 0 bridgehead atoms. The summed E-state index contributed by atoms with van der Waals surface area (Å²) in [7, 11) is -0.875. The van der Waals surface area contributed by atoms with Crippen molar-refractivity contribution in [2.75, 3.05) is 0 Å². The number of carbonyl (C=O) groups excluding carboxylic acids is 1. The summed E-state index contributed by atoms with van der Waals surface area (Å²) in [6.45, 7) is 6.14. The van der Waals surface area contributed by atoms with E-state index in [1.165, 1.54) is 42.7 Å². The lowest BCUT2D eigenvalue weighted by atomic mass is 10.1. The first-order chi connectivity index (χ1) is 16.2. The van der Waals surface area contributed by atoms with Gasteiger partial charge < -0.3 is 4.74 Å². The van der Waals surface area contributed by atoms with Crippen LogP contribution in [0.25, 0.3) is 0 Å². The SMILES string of the molecule is C=CC(CCCCCCCC)OC(=O)c1ccccc1P(c1ccccc1)c1ccccc1. The Labute approximate surface area is 200 Å². The molecule has 3 aromatic rings. The highest BCUT2D eigenvalue weighted by Crippen LogP contribution is 2.34. The van der Waals surface area contributed by atoms with Crippen molar-refractivity contribution in [2.45, 2.75) is 58.0 Å². The van der Waals surface area contributed by atoms with Crippen LogP contribution in [-0.2, 0) is 4.74 Å². The number of benzene rings is 3. The zero-order chi connectivity index (χ0) is 23.3. The van der Waals surface area contributed by atoms with E-state index in [0.29, 0.717) is 5.56 Å². The maximum absolute atomic E-state index is 13.3. The zero-order valence-corrected chi connectivity index (χ0v) is 20.6. The number of ether oxygens (including phenoxy) is 1. The summed E-state index contributed by atoms with van der Waals surface area (Å²) < 4.78 is 5.93. The van der Waals surface area contributed by atoms with Crippen LogP contribution >= 0.6 is 7.92 Å². The molecule has 0 amide bonds. The Balaban J connectivity index is 1.79. The molecule has 3 aromatic carbocycles. The van der Waals surface area contributed by atoms with Crippen molar-refractivity contribution in [1.82, 2.24) is 0 Å². The fourth-order valence-electron chi connectivity index (χ4n) is 3.97. The molecule has 1 unspecified atom stereocenters. The first kappa shape index (κ1) is 24.9. The molecule has 3 heteroatoms. The van der Waals surface area contributed by atoms with E-state index in [9.17, 15) is 4.79 Å². The fourth-order valence-corrected chi connectivity index (χ4v) is 6.41. The summed E-state index contributed by atoms with van der Waals surface area (Å²) in [6, 6.07) is 28.8. The van der Waals surface area contributed by atoms with E-state index in [2.05, 4.69) is 68.1 Å². The van der Waals surface area contributed by atoms with Crippen molar-refractivity contribution < 1.29 is 9.53 Å². The quantitative estimate of drug-likeness (QED) is 0.120. The van der Waals surface area contributed by atoms with E-state index in [4.69, 9.17) is 4.74 Å². The second-order valence-corrected chi connectivity index (χ2v) is 10.4.